The van der Waals surface area contributed by atoms with Crippen molar-refractivity contribution in [2.45, 2.75) is 31.5 Å². The maximum Gasteiger partial charge on any atom is 0.300 e. The number of ether oxygens (including phenoxy) is 2. The Bertz CT molecular complexity index is 194. The van der Waals surface area contributed by atoms with Gasteiger partial charge >= 0.3 is 0 Å². The molecular formula is C8H17NO6. The highest BCUT2D eigenvalue weighted by Gasteiger charge is 2.36. The molecule has 1 heterocycles. The van der Waals surface area contributed by atoms with E-state index in [9.17, 15) is 5.11 Å². The van der Waals surface area contributed by atoms with Gasteiger partial charge in [0.1, 0.15) is 6.10 Å². The van der Waals surface area contributed by atoms with Crippen LogP contribution in [-0.2, 0) is 14.3 Å². The van der Waals surface area contributed by atoms with Gasteiger partial charge in [-0.25, -0.2) is 0 Å². The van der Waals surface area contributed by atoms with E-state index in [2.05, 4.69) is 0 Å². The molecule has 0 amide bonds. The van der Waals surface area contributed by atoms with Gasteiger partial charge in [-0.15, -0.1) is 0 Å². The zero-order chi connectivity index (χ0) is 12.0. The molecule has 7 nitrogen and oxygen atoms in total. The minimum atomic E-state index is -0.955. The molecule has 7 heteroatoms. The van der Waals surface area contributed by atoms with Gasteiger partial charge in [-0.3, -0.25) is 4.79 Å². The number of carboxylic acids is 1. The van der Waals surface area contributed by atoms with Crippen molar-refractivity contribution >= 4 is 5.97 Å². The average Bonchev–Trinajstić information content (AvgIpc) is 2.14. The molecule has 1 saturated heterocycles. The van der Waals surface area contributed by atoms with Crippen molar-refractivity contribution in [1.29, 1.82) is 0 Å². The van der Waals surface area contributed by atoms with Crippen LogP contribution < -0.4 is 5.73 Å². The minimum absolute atomic E-state index is 0.108. The van der Waals surface area contributed by atoms with Crippen LogP contribution in [0.25, 0.3) is 0 Å². The highest BCUT2D eigenvalue weighted by atomic mass is 16.7. The topological polar surface area (TPSA) is 122 Å². The van der Waals surface area contributed by atoms with Gasteiger partial charge in [0, 0.05) is 14.0 Å². The van der Waals surface area contributed by atoms with Crippen molar-refractivity contribution in [3.05, 3.63) is 0 Å². The van der Waals surface area contributed by atoms with Crippen molar-refractivity contribution in [1.82, 2.24) is 0 Å². The zero-order valence-corrected chi connectivity index (χ0v) is 8.66. The summed E-state index contributed by atoms with van der Waals surface area (Å²) in [4.78, 5) is 9.00. The van der Waals surface area contributed by atoms with Gasteiger partial charge in [0.25, 0.3) is 5.97 Å². The number of hydrogen-bond acceptors (Lipinski definition) is 6. The molecule has 0 aliphatic carbocycles. The number of aliphatic carboxylic acids is 1. The van der Waals surface area contributed by atoms with E-state index in [0.29, 0.717) is 0 Å². The molecule has 0 aromatic rings. The van der Waals surface area contributed by atoms with Crippen molar-refractivity contribution in [2.24, 2.45) is 5.73 Å². The molecule has 1 rings (SSSR count). The highest BCUT2D eigenvalue weighted by Crippen LogP contribution is 2.13. The molecular weight excluding hydrogens is 206 g/mol. The number of rotatable bonds is 1. The fourth-order valence-electron chi connectivity index (χ4n) is 1.02. The molecule has 5 N–H and O–H groups in total. The second-order valence-corrected chi connectivity index (χ2v) is 3.09. The number of methoxy groups -OCH3 is 1. The molecule has 0 aromatic heterocycles. The van der Waals surface area contributed by atoms with Crippen molar-refractivity contribution in [2.75, 3.05) is 13.7 Å². The summed E-state index contributed by atoms with van der Waals surface area (Å²) in [5.74, 6) is -0.833. The molecule has 0 spiro atoms. The predicted molar refractivity (Wildman–Crippen MR) is 50.0 cm³/mol. The minimum Gasteiger partial charge on any atom is -0.481 e. The lowest BCUT2D eigenvalue weighted by Crippen LogP contribution is -2.57. The van der Waals surface area contributed by atoms with Crippen molar-refractivity contribution in [3.8, 4) is 0 Å². The predicted octanol–water partition coefficient (Wildman–Crippen LogP) is -1.87. The molecule has 0 bridgehead atoms. The summed E-state index contributed by atoms with van der Waals surface area (Å²) in [6, 6.07) is -0.686. The second-order valence-electron chi connectivity index (χ2n) is 3.09. The van der Waals surface area contributed by atoms with Crippen molar-refractivity contribution < 1.29 is 29.6 Å². The van der Waals surface area contributed by atoms with Crippen LogP contribution in [0.3, 0.4) is 0 Å². The van der Waals surface area contributed by atoms with Crippen LogP contribution in [0.4, 0.5) is 0 Å². The van der Waals surface area contributed by atoms with E-state index in [0.717, 1.165) is 6.92 Å². The SMILES string of the molecule is CC(=O)O.COC1OCC(O)C(N)C1O. The first-order valence-electron chi connectivity index (χ1n) is 4.35. The summed E-state index contributed by atoms with van der Waals surface area (Å²) in [6.07, 6.45) is -2.48. The first-order chi connectivity index (χ1) is 6.90. The zero-order valence-electron chi connectivity index (χ0n) is 8.66. The molecule has 4 atom stereocenters. The van der Waals surface area contributed by atoms with Crippen LogP contribution in [0.1, 0.15) is 6.92 Å². The average molecular weight is 223 g/mol. The Morgan fingerprint density at radius 3 is 2.40 bits per heavy atom. The number of hydrogen-bond donors (Lipinski definition) is 4. The largest absolute Gasteiger partial charge is 0.481 e. The van der Waals surface area contributed by atoms with Gasteiger partial charge in [0.05, 0.1) is 18.8 Å². The van der Waals surface area contributed by atoms with Crippen LogP contribution in [0.5, 0.6) is 0 Å². The Kier molecular flexibility index (Phi) is 6.37. The van der Waals surface area contributed by atoms with Crippen LogP contribution in [0.2, 0.25) is 0 Å². The van der Waals surface area contributed by atoms with Crippen molar-refractivity contribution in [3.63, 3.8) is 0 Å². The highest BCUT2D eigenvalue weighted by molar-refractivity contribution is 5.62. The molecule has 1 fully saturated rings. The maximum atomic E-state index is 9.27. The summed E-state index contributed by atoms with van der Waals surface area (Å²) in [5, 5.41) is 25.8. The molecule has 0 radical (unpaired) electrons. The molecule has 4 unspecified atom stereocenters. The van der Waals surface area contributed by atoms with Gasteiger partial charge < -0.3 is 30.5 Å². The summed E-state index contributed by atoms with van der Waals surface area (Å²) >= 11 is 0. The van der Waals surface area contributed by atoms with E-state index < -0.39 is 30.5 Å². The van der Waals surface area contributed by atoms with Gasteiger partial charge in [-0.05, 0) is 0 Å². The number of carbonyl (C=O) groups is 1. The summed E-state index contributed by atoms with van der Waals surface area (Å²) in [7, 11) is 1.41. The number of carboxylic acid groups (broad SMARTS) is 1. The van der Waals surface area contributed by atoms with E-state index in [1.54, 1.807) is 0 Å². The molecule has 0 saturated carbocycles. The third-order valence-electron chi connectivity index (χ3n) is 1.78. The smallest absolute Gasteiger partial charge is 0.300 e. The molecule has 0 aromatic carbocycles. The molecule has 1 aliphatic rings. The lowest BCUT2D eigenvalue weighted by atomic mass is 10.0. The van der Waals surface area contributed by atoms with Gasteiger partial charge in [0.15, 0.2) is 6.29 Å². The number of aliphatic hydroxyl groups excluding tert-OH is 2. The quantitative estimate of drug-likeness (QED) is 0.410. The normalized spacial score (nSPS) is 35.3. The molecule has 90 valence electrons. The Balaban J connectivity index is 0.000000423. The third kappa shape index (κ3) is 5.05. The second kappa shape index (κ2) is 6.70. The van der Waals surface area contributed by atoms with E-state index in [1.165, 1.54) is 7.11 Å². The first kappa shape index (κ1) is 14.3. The Morgan fingerprint density at radius 1 is 1.53 bits per heavy atom. The fourth-order valence-corrected chi connectivity index (χ4v) is 1.02. The lowest BCUT2D eigenvalue weighted by Gasteiger charge is -2.34. The Labute approximate surface area is 87.4 Å². The van der Waals surface area contributed by atoms with Crippen LogP contribution in [-0.4, -0.2) is 59.5 Å². The Morgan fingerprint density at radius 2 is 2.00 bits per heavy atom. The van der Waals surface area contributed by atoms with E-state index in [1.807, 2.05) is 0 Å². The number of aliphatic hydroxyl groups is 2. The van der Waals surface area contributed by atoms with Gasteiger partial charge in [0.2, 0.25) is 0 Å². The maximum absolute atomic E-state index is 9.27. The molecule has 15 heavy (non-hydrogen) atoms. The number of nitrogens with two attached hydrogens (primary N) is 1. The van der Waals surface area contributed by atoms with E-state index in [-0.39, 0.29) is 6.61 Å². The molecule has 1 aliphatic heterocycles. The fraction of sp³-hybridized carbons (Fsp3) is 0.875. The third-order valence-corrected chi connectivity index (χ3v) is 1.78. The summed E-state index contributed by atoms with van der Waals surface area (Å²) in [6.45, 7) is 1.19. The standard InChI is InChI=1S/C6H13NO4.C2H4O2/c1-10-6-5(9)4(7)3(8)2-11-6;1-2(3)4/h3-6,8-9H,2,7H2,1H3;1H3,(H,3,4). The summed E-state index contributed by atoms with van der Waals surface area (Å²) in [5.41, 5.74) is 5.43. The lowest BCUT2D eigenvalue weighted by molar-refractivity contribution is -0.231. The van der Waals surface area contributed by atoms with Gasteiger partial charge in [-0.2, -0.15) is 0 Å². The monoisotopic (exact) mass is 223 g/mol. The van der Waals surface area contributed by atoms with E-state index in [4.69, 9.17) is 30.2 Å². The first-order valence-corrected chi connectivity index (χ1v) is 4.35. The Hall–Kier alpha value is -0.730. The van der Waals surface area contributed by atoms with E-state index >= 15 is 0 Å². The summed E-state index contributed by atoms with van der Waals surface area (Å²) < 4.78 is 9.68. The van der Waals surface area contributed by atoms with Crippen LogP contribution in [0.15, 0.2) is 0 Å². The van der Waals surface area contributed by atoms with Crippen LogP contribution >= 0.6 is 0 Å². The van der Waals surface area contributed by atoms with Crippen LogP contribution in [0, 0.1) is 0 Å². The van der Waals surface area contributed by atoms with Gasteiger partial charge in [-0.1, -0.05) is 0 Å².